The number of hydrogen-bond donors (Lipinski definition) is 1. The first-order chi connectivity index (χ1) is 10.1. The maximum atomic E-state index is 12.2. The van der Waals surface area contributed by atoms with Gasteiger partial charge in [-0.1, -0.05) is 13.8 Å². The highest BCUT2D eigenvalue weighted by atomic mass is 35.5. The molecule has 0 aliphatic carbocycles. The number of furan rings is 1. The summed E-state index contributed by atoms with van der Waals surface area (Å²) in [7, 11) is 1.59. The molecule has 0 bridgehead atoms. The lowest BCUT2D eigenvalue weighted by atomic mass is 10.1. The maximum absolute atomic E-state index is 12.2. The van der Waals surface area contributed by atoms with Crippen LogP contribution < -0.4 is 10.1 Å². The fourth-order valence-electron chi connectivity index (χ4n) is 2.10. The molecule has 1 heterocycles. The lowest BCUT2D eigenvalue weighted by Crippen LogP contribution is -2.22. The molecule has 122 valence electrons. The van der Waals surface area contributed by atoms with E-state index < -0.39 is 0 Å². The number of halogens is 1. The Morgan fingerprint density at radius 2 is 2.09 bits per heavy atom. The molecule has 0 aliphatic rings. The van der Waals surface area contributed by atoms with Gasteiger partial charge in [-0.05, 0) is 25.1 Å². The van der Waals surface area contributed by atoms with E-state index in [0.717, 1.165) is 0 Å². The molecule has 0 aliphatic heterocycles. The lowest BCUT2D eigenvalue weighted by Gasteiger charge is -2.07. The molecule has 6 heteroatoms. The second-order valence-electron chi connectivity index (χ2n) is 5.02. The topological polar surface area (TPSA) is 60.7 Å². The van der Waals surface area contributed by atoms with E-state index in [-0.39, 0.29) is 18.4 Å². The van der Waals surface area contributed by atoms with E-state index in [2.05, 4.69) is 5.32 Å². The molecule has 0 atom stereocenters. The third-order valence-corrected chi connectivity index (χ3v) is 3.12. The van der Waals surface area contributed by atoms with Crippen LogP contribution in [0.25, 0.3) is 11.0 Å². The Balaban J connectivity index is 0.00000242. The molecule has 2 rings (SSSR count). The summed E-state index contributed by atoms with van der Waals surface area (Å²) < 4.78 is 16.2. The highest BCUT2D eigenvalue weighted by Crippen LogP contribution is 2.30. The van der Waals surface area contributed by atoms with Crippen molar-refractivity contribution < 1.29 is 18.7 Å². The van der Waals surface area contributed by atoms with Crippen LogP contribution in [0.5, 0.6) is 5.75 Å². The molecule has 0 fully saturated rings. The van der Waals surface area contributed by atoms with Gasteiger partial charge in [0.15, 0.2) is 0 Å². The summed E-state index contributed by atoms with van der Waals surface area (Å²) in [4.78, 5) is 12.2. The Hall–Kier alpha value is -1.72. The molecule has 0 saturated heterocycles. The molecule has 1 aromatic heterocycles. The van der Waals surface area contributed by atoms with Crippen LogP contribution >= 0.6 is 12.4 Å². The Morgan fingerprint density at radius 3 is 2.68 bits per heavy atom. The van der Waals surface area contributed by atoms with Gasteiger partial charge in [0, 0.05) is 11.4 Å². The van der Waals surface area contributed by atoms with Gasteiger partial charge in [0.05, 0.1) is 20.3 Å². The molecule has 0 amide bonds. The minimum absolute atomic E-state index is 0. The quantitative estimate of drug-likeness (QED) is 0.822. The smallest absolute Gasteiger partial charge is 0.342 e. The van der Waals surface area contributed by atoms with E-state index in [1.54, 1.807) is 32.2 Å². The fraction of sp³-hybridized carbons (Fsp3) is 0.438. The molecule has 1 aromatic carbocycles. The normalized spacial score (nSPS) is 10.6. The van der Waals surface area contributed by atoms with E-state index >= 15 is 0 Å². The third kappa shape index (κ3) is 3.93. The van der Waals surface area contributed by atoms with E-state index in [1.807, 2.05) is 13.8 Å². The fourth-order valence-corrected chi connectivity index (χ4v) is 2.10. The average Bonchev–Trinajstić information content (AvgIpc) is 2.82. The molecule has 0 radical (unpaired) electrons. The van der Waals surface area contributed by atoms with Crippen molar-refractivity contribution in [1.29, 1.82) is 0 Å². The Bertz CT molecular complexity index is 636. The van der Waals surface area contributed by atoms with Crippen LogP contribution in [0, 0.1) is 0 Å². The summed E-state index contributed by atoms with van der Waals surface area (Å²) in [6.45, 7) is 6.66. The second-order valence-corrected chi connectivity index (χ2v) is 5.02. The Kier molecular flexibility index (Phi) is 6.71. The van der Waals surface area contributed by atoms with E-state index in [4.69, 9.17) is 13.9 Å². The summed E-state index contributed by atoms with van der Waals surface area (Å²) in [5.74, 6) is 0.896. The number of hydrogen-bond acceptors (Lipinski definition) is 5. The molecular formula is C16H22ClNO4. The van der Waals surface area contributed by atoms with Gasteiger partial charge in [-0.2, -0.15) is 0 Å². The Morgan fingerprint density at radius 1 is 1.36 bits per heavy atom. The van der Waals surface area contributed by atoms with Crippen LogP contribution in [-0.4, -0.2) is 25.7 Å². The van der Waals surface area contributed by atoms with Crippen LogP contribution in [0.15, 0.2) is 22.6 Å². The molecule has 0 unspecified atom stereocenters. The van der Waals surface area contributed by atoms with Gasteiger partial charge in [0.1, 0.15) is 22.7 Å². The van der Waals surface area contributed by atoms with Gasteiger partial charge in [-0.3, -0.25) is 0 Å². The van der Waals surface area contributed by atoms with Crippen molar-refractivity contribution in [1.82, 2.24) is 5.32 Å². The number of methoxy groups -OCH3 is 1. The summed E-state index contributed by atoms with van der Waals surface area (Å²) in [5.41, 5.74) is 1.12. The number of benzene rings is 1. The van der Waals surface area contributed by atoms with Crippen molar-refractivity contribution in [2.24, 2.45) is 0 Å². The maximum Gasteiger partial charge on any atom is 0.342 e. The van der Waals surface area contributed by atoms with Crippen LogP contribution in [0.2, 0.25) is 0 Å². The molecule has 2 aromatic rings. The van der Waals surface area contributed by atoms with Crippen molar-refractivity contribution in [3.05, 3.63) is 29.5 Å². The molecule has 22 heavy (non-hydrogen) atoms. The monoisotopic (exact) mass is 327 g/mol. The number of ether oxygens (including phenoxy) is 2. The number of nitrogens with one attached hydrogen (secondary N) is 1. The minimum atomic E-state index is -0.370. The first-order valence-corrected chi connectivity index (χ1v) is 7.06. The number of esters is 1. The van der Waals surface area contributed by atoms with Crippen LogP contribution in [0.1, 0.15) is 36.9 Å². The van der Waals surface area contributed by atoms with E-state index in [9.17, 15) is 4.79 Å². The summed E-state index contributed by atoms with van der Waals surface area (Å²) >= 11 is 0. The van der Waals surface area contributed by atoms with Crippen molar-refractivity contribution >= 4 is 29.3 Å². The van der Waals surface area contributed by atoms with E-state index in [0.29, 0.717) is 47.2 Å². The number of carbonyl (C=O) groups excluding carboxylic acids is 1. The van der Waals surface area contributed by atoms with Gasteiger partial charge in [0.25, 0.3) is 0 Å². The molecule has 5 nitrogen and oxygen atoms in total. The predicted octanol–water partition coefficient (Wildman–Crippen LogP) is 3.54. The van der Waals surface area contributed by atoms with Crippen LogP contribution in [0.3, 0.4) is 0 Å². The SMILES string of the molecule is CCOC(=O)c1c(CNC(C)C)oc2ccc(OC)cc12.Cl. The highest BCUT2D eigenvalue weighted by molar-refractivity contribution is 6.05. The predicted molar refractivity (Wildman–Crippen MR) is 87.9 cm³/mol. The van der Waals surface area contributed by atoms with Crippen LogP contribution in [-0.2, 0) is 11.3 Å². The molecule has 0 saturated carbocycles. The van der Waals surface area contributed by atoms with Gasteiger partial charge < -0.3 is 19.2 Å². The zero-order valence-corrected chi connectivity index (χ0v) is 14.1. The largest absolute Gasteiger partial charge is 0.497 e. The van der Waals surface area contributed by atoms with Crippen molar-refractivity contribution in [2.45, 2.75) is 33.4 Å². The zero-order valence-electron chi connectivity index (χ0n) is 13.3. The number of carbonyl (C=O) groups is 1. The molecular weight excluding hydrogens is 306 g/mol. The van der Waals surface area contributed by atoms with Gasteiger partial charge in [-0.25, -0.2) is 4.79 Å². The Labute approximate surface area is 136 Å². The van der Waals surface area contributed by atoms with Crippen molar-refractivity contribution in [3.63, 3.8) is 0 Å². The minimum Gasteiger partial charge on any atom is -0.497 e. The van der Waals surface area contributed by atoms with Gasteiger partial charge in [-0.15, -0.1) is 12.4 Å². The van der Waals surface area contributed by atoms with Crippen LogP contribution in [0.4, 0.5) is 0 Å². The van der Waals surface area contributed by atoms with Gasteiger partial charge >= 0.3 is 5.97 Å². The van der Waals surface area contributed by atoms with Crippen molar-refractivity contribution in [2.75, 3.05) is 13.7 Å². The van der Waals surface area contributed by atoms with E-state index in [1.165, 1.54) is 0 Å². The standard InChI is InChI=1S/C16H21NO4.ClH/c1-5-20-16(18)15-12-8-11(19-4)6-7-13(12)21-14(15)9-17-10(2)3;/h6-8,10,17H,5,9H2,1-4H3;1H. The van der Waals surface area contributed by atoms with Crippen molar-refractivity contribution in [3.8, 4) is 5.75 Å². The first-order valence-electron chi connectivity index (χ1n) is 7.06. The first kappa shape index (κ1) is 18.3. The third-order valence-electron chi connectivity index (χ3n) is 3.12. The number of rotatable bonds is 6. The summed E-state index contributed by atoms with van der Waals surface area (Å²) in [6, 6.07) is 5.70. The highest BCUT2D eigenvalue weighted by Gasteiger charge is 2.22. The summed E-state index contributed by atoms with van der Waals surface area (Å²) in [5, 5.41) is 3.97. The summed E-state index contributed by atoms with van der Waals surface area (Å²) in [6.07, 6.45) is 0. The average molecular weight is 328 g/mol. The molecule has 1 N–H and O–H groups in total. The van der Waals surface area contributed by atoms with Gasteiger partial charge in [0.2, 0.25) is 0 Å². The number of fused-ring (bicyclic) bond motifs is 1. The second kappa shape index (κ2) is 8.06. The zero-order chi connectivity index (χ0) is 15.4. The lowest BCUT2D eigenvalue weighted by molar-refractivity contribution is 0.0525. The molecule has 0 spiro atoms.